The highest BCUT2D eigenvalue weighted by Gasteiger charge is 2.75. The molecule has 0 aliphatic carbocycles. The van der Waals surface area contributed by atoms with Crippen LogP contribution in [-0.4, -0.2) is 71.8 Å². The smallest absolute Gasteiger partial charge is 0.312 e. The number of hydrogen-bond donors (Lipinski definition) is 1. The third kappa shape index (κ3) is 4.81. The fourth-order valence-electron chi connectivity index (χ4n) is 6.52. The normalized spacial score (nSPS) is 27.9. The lowest BCUT2D eigenvalue weighted by Gasteiger charge is -2.37. The summed E-state index contributed by atoms with van der Waals surface area (Å²) in [5, 5.41) is 9.12. The lowest BCUT2D eigenvalue weighted by molar-refractivity contribution is -0.154. The van der Waals surface area contributed by atoms with Crippen LogP contribution in [0, 0.1) is 25.7 Å². The molecule has 2 bridgehead atoms. The van der Waals surface area contributed by atoms with E-state index in [-0.39, 0.29) is 25.0 Å². The molecule has 0 saturated carbocycles. The zero-order valence-electron chi connectivity index (χ0n) is 22.3. The number of hydrogen-bond acceptors (Lipinski definition) is 6. The fraction of sp³-hybridized carbons (Fsp3) is 0.621. The summed E-state index contributed by atoms with van der Waals surface area (Å²) in [6.45, 7) is 10.6. The SMILES string of the molecule is C=CCN(C(=O)C1N(CCCCCCO)C(=O)[C@@H]2[C@@H](C(=O)OCC)[C@H]3CCC12O3)c1cc(C)ccc1C. The summed E-state index contributed by atoms with van der Waals surface area (Å²) >= 11 is 0. The Morgan fingerprint density at radius 3 is 2.73 bits per heavy atom. The molecule has 2 unspecified atom stereocenters. The largest absolute Gasteiger partial charge is 0.466 e. The first-order valence-corrected chi connectivity index (χ1v) is 13.6. The molecule has 8 heteroatoms. The van der Waals surface area contributed by atoms with Gasteiger partial charge >= 0.3 is 5.97 Å². The van der Waals surface area contributed by atoms with Gasteiger partial charge in [0, 0.05) is 25.4 Å². The number of likely N-dealkylation sites (tertiary alicyclic amines) is 1. The summed E-state index contributed by atoms with van der Waals surface area (Å²) in [5.74, 6) is -2.23. The number of benzene rings is 1. The van der Waals surface area contributed by atoms with Crippen molar-refractivity contribution in [1.29, 1.82) is 0 Å². The maximum absolute atomic E-state index is 14.5. The van der Waals surface area contributed by atoms with Crippen LogP contribution in [0.3, 0.4) is 0 Å². The van der Waals surface area contributed by atoms with Crippen LogP contribution in [0.5, 0.6) is 0 Å². The molecule has 1 aromatic carbocycles. The predicted octanol–water partition coefficient (Wildman–Crippen LogP) is 3.31. The van der Waals surface area contributed by atoms with Crippen LogP contribution in [0.4, 0.5) is 5.69 Å². The summed E-state index contributed by atoms with van der Waals surface area (Å²) in [6.07, 6.45) is 5.54. The molecular formula is C29H40N2O6. The molecular weight excluding hydrogens is 472 g/mol. The van der Waals surface area contributed by atoms with Gasteiger partial charge in [0.2, 0.25) is 5.91 Å². The zero-order valence-corrected chi connectivity index (χ0v) is 22.3. The molecule has 1 aromatic rings. The van der Waals surface area contributed by atoms with Gasteiger partial charge in [-0.3, -0.25) is 14.4 Å². The summed E-state index contributed by atoms with van der Waals surface area (Å²) in [6, 6.07) is 5.15. The molecule has 3 aliphatic heterocycles. The third-order valence-corrected chi connectivity index (χ3v) is 8.13. The Kier molecular flexibility index (Phi) is 8.39. The Labute approximate surface area is 219 Å². The predicted molar refractivity (Wildman–Crippen MR) is 140 cm³/mol. The van der Waals surface area contributed by atoms with E-state index in [9.17, 15) is 14.4 Å². The fourth-order valence-corrected chi connectivity index (χ4v) is 6.52. The number of nitrogens with zero attached hydrogens (tertiary/aromatic N) is 2. The Bertz CT molecular complexity index is 1040. The molecule has 1 N–H and O–H groups in total. The van der Waals surface area contributed by atoms with E-state index in [0.29, 0.717) is 38.8 Å². The molecule has 3 aliphatic rings. The minimum absolute atomic E-state index is 0.137. The molecule has 1 spiro atoms. The number of aryl methyl sites for hydroxylation is 2. The van der Waals surface area contributed by atoms with Crippen molar-refractivity contribution < 1.29 is 29.0 Å². The Hall–Kier alpha value is -2.71. The van der Waals surface area contributed by atoms with Crippen molar-refractivity contribution in [2.75, 3.05) is 31.2 Å². The summed E-state index contributed by atoms with van der Waals surface area (Å²) < 4.78 is 11.8. The lowest BCUT2D eigenvalue weighted by atomic mass is 9.70. The first-order valence-electron chi connectivity index (χ1n) is 13.6. The first-order chi connectivity index (χ1) is 17.8. The average molecular weight is 513 g/mol. The van der Waals surface area contributed by atoms with Crippen molar-refractivity contribution in [2.24, 2.45) is 11.8 Å². The molecule has 8 nitrogen and oxygen atoms in total. The Morgan fingerprint density at radius 1 is 1.27 bits per heavy atom. The molecule has 5 atom stereocenters. The number of carbonyl (C=O) groups is 3. The summed E-state index contributed by atoms with van der Waals surface area (Å²) in [4.78, 5) is 44.8. The van der Waals surface area contributed by atoms with Crippen LogP contribution in [-0.2, 0) is 23.9 Å². The number of carbonyl (C=O) groups excluding carboxylic acids is 3. The van der Waals surface area contributed by atoms with Gasteiger partial charge in [-0.25, -0.2) is 0 Å². The van der Waals surface area contributed by atoms with Gasteiger partial charge in [-0.1, -0.05) is 31.1 Å². The minimum atomic E-state index is -1.04. The van der Waals surface area contributed by atoms with Gasteiger partial charge in [0.25, 0.3) is 5.91 Å². The number of amides is 2. The topological polar surface area (TPSA) is 96.4 Å². The average Bonchev–Trinajstić information content (AvgIpc) is 3.51. The van der Waals surface area contributed by atoms with Crippen LogP contribution in [0.25, 0.3) is 0 Å². The number of fused-ring (bicyclic) bond motifs is 1. The molecule has 37 heavy (non-hydrogen) atoms. The number of ether oxygens (including phenoxy) is 2. The number of anilines is 1. The van der Waals surface area contributed by atoms with E-state index < -0.39 is 35.6 Å². The third-order valence-electron chi connectivity index (χ3n) is 8.13. The van der Waals surface area contributed by atoms with Gasteiger partial charge in [-0.2, -0.15) is 0 Å². The van der Waals surface area contributed by atoms with Crippen LogP contribution in [0.15, 0.2) is 30.9 Å². The molecule has 0 aromatic heterocycles. The monoisotopic (exact) mass is 512 g/mol. The van der Waals surface area contributed by atoms with Crippen molar-refractivity contribution in [3.63, 3.8) is 0 Å². The second-order valence-electron chi connectivity index (χ2n) is 10.5. The van der Waals surface area contributed by atoms with Gasteiger partial charge in [0.15, 0.2) is 0 Å². The van der Waals surface area contributed by atoms with Crippen LogP contribution in [0.1, 0.15) is 56.6 Å². The Balaban J connectivity index is 1.72. The van der Waals surface area contributed by atoms with Crippen LogP contribution < -0.4 is 4.90 Å². The van der Waals surface area contributed by atoms with Crippen molar-refractivity contribution in [3.05, 3.63) is 42.0 Å². The second-order valence-corrected chi connectivity index (χ2v) is 10.5. The van der Waals surface area contributed by atoms with Crippen molar-refractivity contribution in [2.45, 2.75) is 77.0 Å². The van der Waals surface area contributed by atoms with E-state index in [0.717, 1.165) is 29.7 Å². The number of esters is 1. The molecule has 3 saturated heterocycles. The molecule has 3 heterocycles. The van der Waals surface area contributed by atoms with Gasteiger partial charge in [0.1, 0.15) is 11.6 Å². The van der Waals surface area contributed by atoms with Gasteiger partial charge < -0.3 is 24.4 Å². The van der Waals surface area contributed by atoms with Crippen LogP contribution in [0.2, 0.25) is 0 Å². The molecule has 3 fully saturated rings. The van der Waals surface area contributed by atoms with Crippen LogP contribution >= 0.6 is 0 Å². The number of aliphatic hydroxyl groups is 1. The number of aliphatic hydroxyl groups excluding tert-OH is 1. The summed E-state index contributed by atoms with van der Waals surface area (Å²) in [5.41, 5.74) is 1.73. The maximum atomic E-state index is 14.5. The van der Waals surface area contributed by atoms with E-state index in [1.165, 1.54) is 0 Å². The maximum Gasteiger partial charge on any atom is 0.312 e. The molecule has 202 valence electrons. The second kappa shape index (κ2) is 11.4. The van der Waals surface area contributed by atoms with Gasteiger partial charge in [-0.05, 0) is 63.6 Å². The molecule has 4 rings (SSSR count). The van der Waals surface area contributed by atoms with E-state index in [2.05, 4.69) is 6.58 Å². The minimum Gasteiger partial charge on any atom is -0.466 e. The quantitative estimate of drug-likeness (QED) is 0.262. The number of unbranched alkanes of at least 4 members (excludes halogenated alkanes) is 3. The van der Waals surface area contributed by atoms with E-state index in [4.69, 9.17) is 14.6 Å². The highest BCUT2D eigenvalue weighted by molar-refractivity contribution is 6.05. The Morgan fingerprint density at radius 2 is 2.03 bits per heavy atom. The highest BCUT2D eigenvalue weighted by atomic mass is 16.6. The van der Waals surface area contributed by atoms with E-state index >= 15 is 0 Å². The van der Waals surface area contributed by atoms with Crippen molar-refractivity contribution >= 4 is 23.5 Å². The highest BCUT2D eigenvalue weighted by Crippen LogP contribution is 2.59. The van der Waals surface area contributed by atoms with Gasteiger partial charge in [-0.15, -0.1) is 6.58 Å². The number of rotatable bonds is 12. The standard InChI is InChI=1S/C29H40N2O6/c1-5-15-30(21-18-19(3)11-12-20(21)4)27(34)25-29-14-13-22(37-29)23(28(35)36-6-2)24(29)26(33)31(25)16-9-7-8-10-17-32/h5,11-12,18,22-25,32H,1,6-10,13-17H2,2-4H3/t22-,23+,24+,25?,29?/m1/s1. The zero-order chi connectivity index (χ0) is 26.7. The van der Waals surface area contributed by atoms with E-state index in [1.54, 1.807) is 22.8 Å². The molecule has 2 amide bonds. The van der Waals surface area contributed by atoms with Crippen molar-refractivity contribution in [3.8, 4) is 0 Å². The molecule has 0 radical (unpaired) electrons. The van der Waals surface area contributed by atoms with Gasteiger partial charge in [0.05, 0.1) is 24.5 Å². The van der Waals surface area contributed by atoms with Crippen molar-refractivity contribution in [1.82, 2.24) is 4.90 Å². The summed E-state index contributed by atoms with van der Waals surface area (Å²) in [7, 11) is 0. The van der Waals surface area contributed by atoms with E-state index in [1.807, 2.05) is 32.0 Å². The lowest BCUT2D eigenvalue weighted by Crippen LogP contribution is -2.56. The first kappa shape index (κ1) is 27.3.